The van der Waals surface area contributed by atoms with Crippen LogP contribution in [0.25, 0.3) is 0 Å². The van der Waals surface area contributed by atoms with Gasteiger partial charge >= 0.3 is 0 Å². The average Bonchev–Trinajstić information content (AvgIpc) is 2.38. The maximum Gasteiger partial charge on any atom is 0.256 e. The van der Waals surface area contributed by atoms with Crippen LogP contribution in [-0.4, -0.2) is 39.6 Å². The fourth-order valence-corrected chi connectivity index (χ4v) is 2.91. The topological polar surface area (TPSA) is 75.4 Å². The van der Waals surface area contributed by atoms with Gasteiger partial charge in [0.05, 0.1) is 11.3 Å². The largest absolute Gasteiger partial charge is 0.337 e. The van der Waals surface area contributed by atoms with Gasteiger partial charge in [-0.3, -0.25) is 14.8 Å². The van der Waals surface area contributed by atoms with Gasteiger partial charge < -0.3 is 10.3 Å². The van der Waals surface area contributed by atoms with Crippen LogP contribution in [0.3, 0.4) is 0 Å². The molecule has 0 aromatic heterocycles. The number of nitrogens with two attached hydrogens (primary N) is 1. The standard InChI is InChI=1S/C11H14FN3O2S/c12-9-3-1-2-8(10(9)14-13)11(16)15-4-6-18(17)7-5-15/h1-3,14H,4-7,13H2. The zero-order chi connectivity index (χ0) is 13.1. The van der Waals surface area contributed by atoms with E-state index >= 15 is 0 Å². The lowest BCUT2D eigenvalue weighted by molar-refractivity contribution is 0.0772. The zero-order valence-corrected chi connectivity index (χ0v) is 10.5. The molecule has 18 heavy (non-hydrogen) atoms. The molecule has 98 valence electrons. The first kappa shape index (κ1) is 13.0. The number of carbonyl (C=O) groups excluding carboxylic acids is 1. The van der Waals surface area contributed by atoms with Crippen LogP contribution in [0.15, 0.2) is 18.2 Å². The molecule has 1 amide bonds. The Hall–Kier alpha value is -1.47. The Morgan fingerprint density at radius 1 is 1.39 bits per heavy atom. The van der Waals surface area contributed by atoms with Gasteiger partial charge in [-0.15, -0.1) is 0 Å². The van der Waals surface area contributed by atoms with Gasteiger partial charge in [0.1, 0.15) is 5.82 Å². The summed E-state index contributed by atoms with van der Waals surface area (Å²) in [5.74, 6) is 5.30. The molecule has 0 spiro atoms. The second kappa shape index (κ2) is 5.45. The minimum atomic E-state index is -0.854. The van der Waals surface area contributed by atoms with Crippen molar-refractivity contribution in [3.8, 4) is 0 Å². The molecule has 1 aromatic carbocycles. The zero-order valence-electron chi connectivity index (χ0n) is 9.69. The van der Waals surface area contributed by atoms with Gasteiger partial charge in [-0.05, 0) is 12.1 Å². The third-order valence-electron chi connectivity index (χ3n) is 2.85. The highest BCUT2D eigenvalue weighted by Crippen LogP contribution is 2.20. The van der Waals surface area contributed by atoms with Gasteiger partial charge in [0, 0.05) is 35.4 Å². The summed E-state index contributed by atoms with van der Waals surface area (Å²) in [6, 6.07) is 4.22. The molecule has 1 saturated heterocycles. The maximum atomic E-state index is 13.5. The van der Waals surface area contributed by atoms with E-state index in [0.29, 0.717) is 24.6 Å². The lowest BCUT2D eigenvalue weighted by Gasteiger charge is -2.27. The van der Waals surface area contributed by atoms with Crippen LogP contribution in [-0.2, 0) is 10.8 Å². The van der Waals surface area contributed by atoms with E-state index in [4.69, 9.17) is 5.84 Å². The Balaban J connectivity index is 2.23. The van der Waals surface area contributed by atoms with Gasteiger partial charge in [-0.2, -0.15) is 0 Å². The van der Waals surface area contributed by atoms with Crippen LogP contribution in [0.2, 0.25) is 0 Å². The molecule has 2 rings (SSSR count). The van der Waals surface area contributed by atoms with Crippen LogP contribution >= 0.6 is 0 Å². The van der Waals surface area contributed by atoms with E-state index in [1.54, 1.807) is 4.90 Å². The van der Waals surface area contributed by atoms with Gasteiger partial charge in [0.2, 0.25) is 0 Å². The van der Waals surface area contributed by atoms with Gasteiger partial charge in [-0.1, -0.05) is 6.07 Å². The summed E-state index contributed by atoms with van der Waals surface area (Å²) in [7, 11) is -0.854. The summed E-state index contributed by atoms with van der Waals surface area (Å²) in [6.45, 7) is 0.845. The fourth-order valence-electron chi connectivity index (χ4n) is 1.86. The van der Waals surface area contributed by atoms with Crippen LogP contribution in [0, 0.1) is 5.82 Å². The Morgan fingerprint density at radius 2 is 2.06 bits per heavy atom. The molecule has 1 aromatic rings. The predicted octanol–water partition coefficient (Wildman–Crippen LogP) is 0.316. The second-order valence-corrected chi connectivity index (χ2v) is 5.64. The fraction of sp³-hybridized carbons (Fsp3) is 0.364. The lowest BCUT2D eigenvalue weighted by Crippen LogP contribution is -2.42. The lowest BCUT2D eigenvalue weighted by atomic mass is 10.1. The van der Waals surface area contributed by atoms with Crippen molar-refractivity contribution in [2.45, 2.75) is 0 Å². The molecule has 0 bridgehead atoms. The minimum Gasteiger partial charge on any atom is -0.337 e. The minimum absolute atomic E-state index is 0.00537. The Morgan fingerprint density at radius 3 is 2.67 bits per heavy atom. The molecule has 7 heteroatoms. The monoisotopic (exact) mass is 271 g/mol. The number of nitrogen functional groups attached to an aromatic ring is 1. The molecule has 1 aliphatic rings. The third-order valence-corrected chi connectivity index (χ3v) is 4.13. The first-order valence-corrected chi connectivity index (χ1v) is 7.01. The summed E-state index contributed by atoms with van der Waals surface area (Å²) < 4.78 is 24.7. The first-order valence-electron chi connectivity index (χ1n) is 5.53. The summed E-state index contributed by atoms with van der Waals surface area (Å²) in [5, 5.41) is 0. The smallest absolute Gasteiger partial charge is 0.256 e. The number of hydrogen-bond acceptors (Lipinski definition) is 4. The van der Waals surface area contributed by atoms with E-state index in [1.807, 2.05) is 0 Å². The number of hydrazine groups is 1. The molecule has 0 radical (unpaired) electrons. The van der Waals surface area contributed by atoms with Crippen LogP contribution in [0.4, 0.5) is 10.1 Å². The summed E-state index contributed by atoms with van der Waals surface area (Å²) in [5.41, 5.74) is 2.40. The quantitative estimate of drug-likeness (QED) is 0.600. The molecule has 0 aliphatic carbocycles. The SMILES string of the molecule is NNc1c(F)cccc1C(=O)N1CCS(=O)CC1. The van der Waals surface area contributed by atoms with Crippen LogP contribution in [0.1, 0.15) is 10.4 Å². The summed E-state index contributed by atoms with van der Waals surface area (Å²) in [4.78, 5) is 13.8. The number of nitrogens with one attached hydrogen (secondary N) is 1. The molecule has 1 fully saturated rings. The molecule has 1 heterocycles. The van der Waals surface area contributed by atoms with Crippen LogP contribution in [0.5, 0.6) is 0 Å². The Kier molecular flexibility index (Phi) is 3.93. The number of nitrogens with zero attached hydrogens (tertiary/aromatic N) is 1. The van der Waals surface area contributed by atoms with E-state index in [1.165, 1.54) is 18.2 Å². The Bertz CT molecular complexity index is 485. The highest BCUT2D eigenvalue weighted by Gasteiger charge is 2.24. The highest BCUT2D eigenvalue weighted by molar-refractivity contribution is 7.85. The molecule has 5 nitrogen and oxygen atoms in total. The first-order chi connectivity index (χ1) is 8.63. The number of rotatable bonds is 2. The van der Waals surface area contributed by atoms with Crippen molar-refractivity contribution in [3.05, 3.63) is 29.6 Å². The number of halogens is 1. The summed E-state index contributed by atoms with van der Waals surface area (Å²) in [6.07, 6.45) is 0. The Labute approximate surface area is 107 Å². The number of benzene rings is 1. The molecule has 0 saturated carbocycles. The second-order valence-electron chi connectivity index (χ2n) is 3.95. The molecule has 3 N–H and O–H groups in total. The van der Waals surface area contributed by atoms with Gasteiger partial charge in [0.25, 0.3) is 5.91 Å². The van der Waals surface area contributed by atoms with Crippen molar-refractivity contribution < 1.29 is 13.4 Å². The number of carbonyl (C=O) groups is 1. The van der Waals surface area contributed by atoms with Crippen LogP contribution < -0.4 is 11.3 Å². The van der Waals surface area contributed by atoms with Crippen molar-refractivity contribution in [2.24, 2.45) is 5.84 Å². The molecule has 1 aliphatic heterocycles. The van der Waals surface area contributed by atoms with Crippen molar-refractivity contribution in [1.29, 1.82) is 0 Å². The molecule has 0 atom stereocenters. The van der Waals surface area contributed by atoms with Crippen molar-refractivity contribution >= 4 is 22.4 Å². The van der Waals surface area contributed by atoms with E-state index in [0.717, 1.165) is 0 Å². The average molecular weight is 271 g/mol. The van der Waals surface area contributed by atoms with Gasteiger partial charge in [-0.25, -0.2) is 4.39 Å². The van der Waals surface area contributed by atoms with Crippen molar-refractivity contribution in [3.63, 3.8) is 0 Å². The molecular formula is C11H14FN3O2S. The summed E-state index contributed by atoms with van der Waals surface area (Å²) >= 11 is 0. The van der Waals surface area contributed by atoms with E-state index < -0.39 is 16.6 Å². The van der Waals surface area contributed by atoms with E-state index in [2.05, 4.69) is 5.43 Å². The van der Waals surface area contributed by atoms with Crippen molar-refractivity contribution in [1.82, 2.24) is 4.90 Å². The number of amides is 1. The highest BCUT2D eigenvalue weighted by atomic mass is 32.2. The van der Waals surface area contributed by atoms with Gasteiger partial charge in [0.15, 0.2) is 0 Å². The maximum absolute atomic E-state index is 13.5. The van der Waals surface area contributed by atoms with E-state index in [-0.39, 0.29) is 17.2 Å². The number of para-hydroxylation sites is 1. The van der Waals surface area contributed by atoms with E-state index in [9.17, 15) is 13.4 Å². The normalized spacial score (nSPS) is 16.7. The molecular weight excluding hydrogens is 257 g/mol. The number of anilines is 1. The number of hydrogen-bond donors (Lipinski definition) is 2. The third kappa shape index (κ3) is 2.51. The predicted molar refractivity (Wildman–Crippen MR) is 68.0 cm³/mol. The van der Waals surface area contributed by atoms with Crippen molar-refractivity contribution in [2.75, 3.05) is 30.0 Å². The molecule has 0 unspecified atom stereocenters.